The molecular formula is C14H12N2O2. The molecule has 0 unspecified atom stereocenters. The molecule has 0 aliphatic heterocycles. The SMILES string of the molecule is N/C(=C(\c1ccccc1)[N+](=O)[O-])c1ccccc1. The highest BCUT2D eigenvalue weighted by Gasteiger charge is 2.19. The van der Waals surface area contributed by atoms with E-state index in [1.807, 2.05) is 6.07 Å². The summed E-state index contributed by atoms with van der Waals surface area (Å²) in [5.74, 6) is 0. The van der Waals surface area contributed by atoms with Gasteiger partial charge in [-0.05, 0) is 12.1 Å². The third-order valence-electron chi connectivity index (χ3n) is 2.57. The summed E-state index contributed by atoms with van der Waals surface area (Å²) in [6.45, 7) is 0. The zero-order valence-corrected chi connectivity index (χ0v) is 9.61. The van der Waals surface area contributed by atoms with Crippen molar-refractivity contribution in [3.05, 3.63) is 81.9 Å². The summed E-state index contributed by atoms with van der Waals surface area (Å²) in [6.07, 6.45) is 0. The van der Waals surface area contributed by atoms with Gasteiger partial charge in [0.2, 0.25) is 0 Å². The molecule has 0 radical (unpaired) electrons. The summed E-state index contributed by atoms with van der Waals surface area (Å²) in [5, 5.41) is 11.2. The van der Waals surface area contributed by atoms with Crippen molar-refractivity contribution >= 4 is 11.4 Å². The van der Waals surface area contributed by atoms with E-state index in [0.29, 0.717) is 11.1 Å². The van der Waals surface area contributed by atoms with Gasteiger partial charge in [0.25, 0.3) is 5.70 Å². The van der Waals surface area contributed by atoms with Crippen molar-refractivity contribution in [2.45, 2.75) is 0 Å². The van der Waals surface area contributed by atoms with Crippen molar-refractivity contribution in [2.24, 2.45) is 5.73 Å². The molecular weight excluding hydrogens is 228 g/mol. The molecule has 2 N–H and O–H groups in total. The summed E-state index contributed by atoms with van der Waals surface area (Å²) in [4.78, 5) is 10.7. The second kappa shape index (κ2) is 5.14. The third-order valence-corrected chi connectivity index (χ3v) is 2.57. The highest BCUT2D eigenvalue weighted by atomic mass is 16.6. The predicted molar refractivity (Wildman–Crippen MR) is 70.9 cm³/mol. The lowest BCUT2D eigenvalue weighted by molar-refractivity contribution is -0.374. The minimum Gasteiger partial charge on any atom is -0.393 e. The maximum Gasteiger partial charge on any atom is 0.299 e. The molecule has 4 heteroatoms. The fourth-order valence-corrected chi connectivity index (χ4v) is 1.71. The molecule has 0 aromatic heterocycles. The molecule has 0 spiro atoms. The number of hydrogen-bond donors (Lipinski definition) is 1. The smallest absolute Gasteiger partial charge is 0.299 e. The quantitative estimate of drug-likeness (QED) is 0.509. The van der Waals surface area contributed by atoms with Crippen LogP contribution in [0.25, 0.3) is 11.4 Å². The number of nitrogens with two attached hydrogens (primary N) is 1. The van der Waals surface area contributed by atoms with Crippen molar-refractivity contribution < 1.29 is 4.92 Å². The molecule has 18 heavy (non-hydrogen) atoms. The van der Waals surface area contributed by atoms with Crippen LogP contribution in [0, 0.1) is 10.1 Å². The fourth-order valence-electron chi connectivity index (χ4n) is 1.71. The van der Waals surface area contributed by atoms with Gasteiger partial charge >= 0.3 is 0 Å². The standard InChI is InChI=1S/C14H12N2O2/c15-13(11-7-3-1-4-8-11)14(16(17)18)12-9-5-2-6-10-12/h1-10H,15H2/b14-13+. The maximum atomic E-state index is 11.2. The number of nitrogens with zero attached hydrogens (tertiary/aromatic N) is 1. The maximum absolute atomic E-state index is 11.2. The molecule has 2 rings (SSSR count). The van der Waals surface area contributed by atoms with E-state index in [0.717, 1.165) is 0 Å². The zero-order valence-electron chi connectivity index (χ0n) is 9.61. The Balaban J connectivity index is 2.58. The van der Waals surface area contributed by atoms with Crippen LogP contribution >= 0.6 is 0 Å². The Bertz CT molecular complexity index is 577. The van der Waals surface area contributed by atoms with Gasteiger partial charge in [-0.25, -0.2) is 0 Å². The number of rotatable bonds is 3. The number of hydrogen-bond acceptors (Lipinski definition) is 3. The lowest BCUT2D eigenvalue weighted by atomic mass is 10.1. The van der Waals surface area contributed by atoms with Gasteiger partial charge in [0.05, 0.1) is 10.5 Å². The van der Waals surface area contributed by atoms with E-state index < -0.39 is 4.92 Å². The van der Waals surface area contributed by atoms with Crippen LogP contribution in [0.1, 0.15) is 11.1 Å². The van der Waals surface area contributed by atoms with Gasteiger partial charge in [-0.15, -0.1) is 0 Å². The Morgan fingerprint density at radius 2 is 1.33 bits per heavy atom. The highest BCUT2D eigenvalue weighted by Crippen LogP contribution is 2.22. The van der Waals surface area contributed by atoms with Crippen LogP contribution in [0.3, 0.4) is 0 Å². The Morgan fingerprint density at radius 3 is 1.78 bits per heavy atom. The van der Waals surface area contributed by atoms with Crippen molar-refractivity contribution in [1.29, 1.82) is 0 Å². The van der Waals surface area contributed by atoms with Crippen LogP contribution in [-0.2, 0) is 0 Å². The van der Waals surface area contributed by atoms with E-state index in [1.165, 1.54) is 0 Å². The molecule has 0 heterocycles. The second-order valence-corrected chi connectivity index (χ2v) is 3.75. The topological polar surface area (TPSA) is 69.2 Å². The Kier molecular flexibility index (Phi) is 3.38. The molecule has 0 fully saturated rings. The normalized spacial score (nSPS) is 11.8. The lowest BCUT2D eigenvalue weighted by Gasteiger charge is -2.04. The predicted octanol–water partition coefficient (Wildman–Crippen LogP) is 2.75. The largest absolute Gasteiger partial charge is 0.393 e. The third kappa shape index (κ3) is 2.38. The van der Waals surface area contributed by atoms with E-state index in [1.54, 1.807) is 54.6 Å². The first kappa shape index (κ1) is 11.9. The molecule has 90 valence electrons. The van der Waals surface area contributed by atoms with Gasteiger partial charge in [-0.1, -0.05) is 48.5 Å². The molecule has 0 saturated heterocycles. The van der Waals surface area contributed by atoms with Gasteiger partial charge < -0.3 is 5.73 Å². The van der Waals surface area contributed by atoms with Gasteiger partial charge in [-0.3, -0.25) is 10.1 Å². The van der Waals surface area contributed by atoms with E-state index in [-0.39, 0.29) is 11.4 Å². The van der Waals surface area contributed by atoms with Crippen LogP contribution in [-0.4, -0.2) is 4.92 Å². The first-order valence-electron chi connectivity index (χ1n) is 5.45. The second-order valence-electron chi connectivity index (χ2n) is 3.75. The van der Waals surface area contributed by atoms with E-state index in [9.17, 15) is 10.1 Å². The summed E-state index contributed by atoms with van der Waals surface area (Å²) in [6, 6.07) is 17.6. The molecule has 2 aromatic rings. The van der Waals surface area contributed by atoms with E-state index in [2.05, 4.69) is 0 Å². The molecule has 0 atom stereocenters. The minimum absolute atomic E-state index is 0.0678. The minimum atomic E-state index is -0.447. The summed E-state index contributed by atoms with van der Waals surface area (Å²) in [5.41, 5.74) is 7.17. The Morgan fingerprint density at radius 1 is 0.889 bits per heavy atom. The number of benzene rings is 2. The lowest BCUT2D eigenvalue weighted by Crippen LogP contribution is -2.08. The van der Waals surface area contributed by atoms with Gasteiger partial charge in [0, 0.05) is 5.56 Å². The molecule has 4 nitrogen and oxygen atoms in total. The molecule has 0 aliphatic carbocycles. The fraction of sp³-hybridized carbons (Fsp3) is 0. The number of nitro groups is 1. The van der Waals surface area contributed by atoms with Crippen LogP contribution in [0.2, 0.25) is 0 Å². The summed E-state index contributed by atoms with van der Waals surface area (Å²) >= 11 is 0. The van der Waals surface area contributed by atoms with Crippen molar-refractivity contribution in [3.63, 3.8) is 0 Å². The summed E-state index contributed by atoms with van der Waals surface area (Å²) in [7, 11) is 0. The van der Waals surface area contributed by atoms with Crippen LogP contribution in [0.15, 0.2) is 60.7 Å². The first-order chi connectivity index (χ1) is 8.70. The monoisotopic (exact) mass is 240 g/mol. The van der Waals surface area contributed by atoms with Crippen LogP contribution < -0.4 is 5.73 Å². The van der Waals surface area contributed by atoms with Gasteiger partial charge in [-0.2, -0.15) is 0 Å². The van der Waals surface area contributed by atoms with Gasteiger partial charge in [0.15, 0.2) is 0 Å². The van der Waals surface area contributed by atoms with Crippen molar-refractivity contribution in [3.8, 4) is 0 Å². The zero-order chi connectivity index (χ0) is 13.0. The van der Waals surface area contributed by atoms with E-state index in [4.69, 9.17) is 5.73 Å². The Labute approximate surface area is 105 Å². The molecule has 0 saturated carbocycles. The average Bonchev–Trinajstić information content (AvgIpc) is 2.40. The highest BCUT2D eigenvalue weighted by molar-refractivity contribution is 5.84. The molecule has 0 aliphatic rings. The molecule has 0 amide bonds. The van der Waals surface area contributed by atoms with Crippen LogP contribution in [0.5, 0.6) is 0 Å². The van der Waals surface area contributed by atoms with Crippen molar-refractivity contribution in [1.82, 2.24) is 0 Å². The molecule has 0 bridgehead atoms. The summed E-state index contributed by atoms with van der Waals surface area (Å²) < 4.78 is 0. The Hall–Kier alpha value is -2.62. The van der Waals surface area contributed by atoms with Crippen LogP contribution in [0.4, 0.5) is 0 Å². The van der Waals surface area contributed by atoms with Crippen molar-refractivity contribution in [2.75, 3.05) is 0 Å². The van der Waals surface area contributed by atoms with E-state index >= 15 is 0 Å². The van der Waals surface area contributed by atoms with Gasteiger partial charge in [0.1, 0.15) is 5.70 Å². The first-order valence-corrected chi connectivity index (χ1v) is 5.45. The average molecular weight is 240 g/mol. The molecule has 2 aromatic carbocycles.